The minimum atomic E-state index is -0.290. The lowest BCUT2D eigenvalue weighted by molar-refractivity contribution is -0.116. The number of rotatable bonds is 5. The Morgan fingerprint density at radius 1 is 1.50 bits per heavy atom. The van der Waals surface area contributed by atoms with Gasteiger partial charge in [0, 0.05) is 11.6 Å². The molecule has 0 fully saturated rings. The van der Waals surface area contributed by atoms with Crippen LogP contribution in [-0.2, 0) is 16.0 Å². The third-order valence-electron chi connectivity index (χ3n) is 2.11. The second-order valence-corrected chi connectivity index (χ2v) is 3.89. The summed E-state index contributed by atoms with van der Waals surface area (Å²) in [6.07, 6.45) is 2.13. The molecular weight excluding hydrogens is 244 g/mol. The van der Waals surface area contributed by atoms with Gasteiger partial charge in [0.25, 0.3) is 0 Å². The highest BCUT2D eigenvalue weighted by molar-refractivity contribution is 9.10. The van der Waals surface area contributed by atoms with Gasteiger partial charge in [-0.1, -0.05) is 34.1 Å². The molecule has 3 heteroatoms. The summed E-state index contributed by atoms with van der Waals surface area (Å²) in [6, 6.07) is 8.00. The quantitative estimate of drug-likeness (QED) is 0.758. The Morgan fingerprint density at radius 3 is 2.79 bits per heavy atom. The van der Waals surface area contributed by atoms with Crippen molar-refractivity contribution >= 4 is 22.2 Å². The van der Waals surface area contributed by atoms with Crippen LogP contribution in [0.3, 0.4) is 0 Å². The zero-order chi connectivity index (χ0) is 10.4. The van der Waals surface area contributed by atoms with E-state index in [2.05, 4.69) is 15.9 Å². The molecule has 0 saturated heterocycles. The molecule has 0 aliphatic rings. The van der Waals surface area contributed by atoms with Gasteiger partial charge in [0.1, 0.15) is 12.4 Å². The molecule has 1 atom stereocenters. The summed E-state index contributed by atoms with van der Waals surface area (Å²) >= 11 is 3.46. The third kappa shape index (κ3) is 3.24. The molecule has 0 saturated carbocycles. The highest BCUT2D eigenvalue weighted by Crippen LogP contribution is 2.18. The van der Waals surface area contributed by atoms with E-state index in [9.17, 15) is 4.79 Å². The van der Waals surface area contributed by atoms with Crippen molar-refractivity contribution in [1.29, 1.82) is 0 Å². The number of hydrogen-bond donors (Lipinski definition) is 0. The Kier molecular flexibility index (Phi) is 4.84. The van der Waals surface area contributed by atoms with E-state index in [0.29, 0.717) is 0 Å². The van der Waals surface area contributed by atoms with Crippen molar-refractivity contribution in [3.05, 3.63) is 34.3 Å². The van der Waals surface area contributed by atoms with Crippen molar-refractivity contribution in [2.45, 2.75) is 18.9 Å². The van der Waals surface area contributed by atoms with Gasteiger partial charge in [0.2, 0.25) is 0 Å². The summed E-state index contributed by atoms with van der Waals surface area (Å²) in [7, 11) is 1.55. The monoisotopic (exact) mass is 256 g/mol. The lowest BCUT2D eigenvalue weighted by Crippen LogP contribution is -2.12. The number of halogens is 1. The zero-order valence-corrected chi connectivity index (χ0v) is 9.66. The first-order chi connectivity index (χ1) is 6.77. The maximum absolute atomic E-state index is 10.5. The van der Waals surface area contributed by atoms with E-state index in [4.69, 9.17) is 4.74 Å². The minimum Gasteiger partial charge on any atom is -0.374 e. The summed E-state index contributed by atoms with van der Waals surface area (Å²) < 4.78 is 6.06. The number of carbonyl (C=O) groups is 1. The highest BCUT2D eigenvalue weighted by atomic mass is 79.9. The number of hydrogen-bond acceptors (Lipinski definition) is 2. The molecule has 0 radical (unpaired) electrons. The van der Waals surface area contributed by atoms with Crippen LogP contribution >= 0.6 is 15.9 Å². The molecular formula is C11H13BrO2. The number of benzene rings is 1. The van der Waals surface area contributed by atoms with Crippen molar-refractivity contribution in [1.82, 2.24) is 0 Å². The Bertz CT molecular complexity index is 299. The van der Waals surface area contributed by atoms with Gasteiger partial charge in [-0.15, -0.1) is 0 Å². The Morgan fingerprint density at radius 2 is 2.21 bits per heavy atom. The first kappa shape index (κ1) is 11.4. The molecule has 0 aliphatic heterocycles. The van der Waals surface area contributed by atoms with E-state index in [1.165, 1.54) is 5.56 Å². The molecule has 0 amide bonds. The van der Waals surface area contributed by atoms with Crippen molar-refractivity contribution in [2.24, 2.45) is 0 Å². The molecule has 0 aliphatic carbocycles. The summed E-state index contributed by atoms with van der Waals surface area (Å²) in [5, 5.41) is 0. The van der Waals surface area contributed by atoms with E-state index < -0.39 is 0 Å². The van der Waals surface area contributed by atoms with E-state index in [-0.39, 0.29) is 6.10 Å². The van der Waals surface area contributed by atoms with Gasteiger partial charge in [0.15, 0.2) is 0 Å². The molecule has 14 heavy (non-hydrogen) atoms. The maximum atomic E-state index is 10.5. The summed E-state index contributed by atoms with van der Waals surface area (Å²) in [5.74, 6) is 0. The molecule has 0 bridgehead atoms. The van der Waals surface area contributed by atoms with Crippen LogP contribution in [0.1, 0.15) is 12.0 Å². The molecule has 0 aromatic heterocycles. The van der Waals surface area contributed by atoms with Crippen LogP contribution in [0.25, 0.3) is 0 Å². The average Bonchev–Trinajstić information content (AvgIpc) is 2.22. The number of methoxy groups -OCH3 is 1. The normalized spacial score (nSPS) is 12.4. The van der Waals surface area contributed by atoms with Gasteiger partial charge in [-0.3, -0.25) is 0 Å². The van der Waals surface area contributed by atoms with Crippen molar-refractivity contribution in [2.75, 3.05) is 7.11 Å². The molecule has 0 heterocycles. The minimum absolute atomic E-state index is 0.290. The summed E-state index contributed by atoms with van der Waals surface area (Å²) in [4.78, 5) is 10.5. The molecule has 1 rings (SSSR count). The smallest absolute Gasteiger partial charge is 0.148 e. The lowest BCUT2D eigenvalue weighted by Gasteiger charge is -2.08. The molecule has 1 unspecified atom stereocenters. The Hall–Kier alpha value is -0.670. The number of aldehydes is 1. The SMILES string of the molecule is COC(C=O)CCc1ccccc1Br. The Labute approximate surface area is 92.4 Å². The average molecular weight is 257 g/mol. The molecule has 0 spiro atoms. The van der Waals surface area contributed by atoms with E-state index in [1.807, 2.05) is 24.3 Å². The fourth-order valence-corrected chi connectivity index (χ4v) is 1.72. The van der Waals surface area contributed by atoms with Gasteiger partial charge in [-0.05, 0) is 24.5 Å². The topological polar surface area (TPSA) is 26.3 Å². The predicted molar refractivity (Wildman–Crippen MR) is 59.3 cm³/mol. The van der Waals surface area contributed by atoms with Crippen LogP contribution in [0.5, 0.6) is 0 Å². The molecule has 1 aromatic carbocycles. The first-order valence-corrected chi connectivity index (χ1v) is 5.28. The second kappa shape index (κ2) is 5.94. The Balaban J connectivity index is 2.53. The van der Waals surface area contributed by atoms with Crippen molar-refractivity contribution in [3.63, 3.8) is 0 Å². The fraction of sp³-hybridized carbons (Fsp3) is 0.364. The molecule has 2 nitrogen and oxygen atoms in total. The van der Waals surface area contributed by atoms with E-state index in [0.717, 1.165) is 23.6 Å². The van der Waals surface area contributed by atoms with E-state index in [1.54, 1.807) is 7.11 Å². The van der Waals surface area contributed by atoms with Gasteiger partial charge in [-0.2, -0.15) is 0 Å². The predicted octanol–water partition coefficient (Wildman–Crippen LogP) is 2.60. The van der Waals surface area contributed by atoms with E-state index >= 15 is 0 Å². The lowest BCUT2D eigenvalue weighted by atomic mass is 10.1. The first-order valence-electron chi connectivity index (χ1n) is 4.49. The molecule has 76 valence electrons. The van der Waals surface area contributed by atoms with Crippen LogP contribution in [0.2, 0.25) is 0 Å². The van der Waals surface area contributed by atoms with Gasteiger partial charge < -0.3 is 9.53 Å². The summed E-state index contributed by atoms with van der Waals surface area (Å²) in [5.41, 5.74) is 1.20. The maximum Gasteiger partial charge on any atom is 0.148 e. The number of carbonyl (C=O) groups excluding carboxylic acids is 1. The van der Waals surface area contributed by atoms with Gasteiger partial charge >= 0.3 is 0 Å². The van der Waals surface area contributed by atoms with Crippen LogP contribution in [0.15, 0.2) is 28.7 Å². The van der Waals surface area contributed by atoms with Crippen LogP contribution in [0.4, 0.5) is 0 Å². The number of ether oxygens (including phenoxy) is 1. The zero-order valence-electron chi connectivity index (χ0n) is 8.07. The third-order valence-corrected chi connectivity index (χ3v) is 2.88. The van der Waals surface area contributed by atoms with Crippen LogP contribution in [-0.4, -0.2) is 19.5 Å². The molecule has 0 N–H and O–H groups in total. The van der Waals surface area contributed by atoms with Crippen LogP contribution in [0, 0.1) is 0 Å². The van der Waals surface area contributed by atoms with Gasteiger partial charge in [0.05, 0.1) is 0 Å². The van der Waals surface area contributed by atoms with Crippen LogP contribution < -0.4 is 0 Å². The van der Waals surface area contributed by atoms with Gasteiger partial charge in [-0.25, -0.2) is 0 Å². The highest BCUT2D eigenvalue weighted by Gasteiger charge is 2.06. The second-order valence-electron chi connectivity index (χ2n) is 3.04. The standard InChI is InChI=1S/C11H13BrO2/c1-14-10(8-13)7-6-9-4-2-3-5-11(9)12/h2-5,8,10H,6-7H2,1H3. The molecule has 1 aromatic rings. The number of aryl methyl sites for hydroxylation is 1. The van der Waals surface area contributed by atoms with Crippen molar-refractivity contribution in [3.8, 4) is 0 Å². The van der Waals surface area contributed by atoms with Crippen molar-refractivity contribution < 1.29 is 9.53 Å². The largest absolute Gasteiger partial charge is 0.374 e. The summed E-state index contributed by atoms with van der Waals surface area (Å²) in [6.45, 7) is 0. The fourth-order valence-electron chi connectivity index (χ4n) is 1.24.